The van der Waals surface area contributed by atoms with E-state index in [1.807, 2.05) is 20.8 Å². The molecule has 2 rings (SSSR count). The lowest BCUT2D eigenvalue weighted by molar-refractivity contribution is -0.137. The molecule has 0 atom stereocenters. The second-order valence-corrected chi connectivity index (χ2v) is 7.63. The maximum atomic E-state index is 12.5. The van der Waals surface area contributed by atoms with Crippen LogP contribution in [-0.4, -0.2) is 32.7 Å². The third-order valence-corrected chi connectivity index (χ3v) is 3.69. The van der Waals surface area contributed by atoms with Crippen LogP contribution in [0.4, 0.5) is 11.5 Å². The summed E-state index contributed by atoms with van der Waals surface area (Å²) < 4.78 is 1.18. The van der Waals surface area contributed by atoms with E-state index in [2.05, 4.69) is 15.7 Å². The van der Waals surface area contributed by atoms with Crippen LogP contribution in [0.25, 0.3) is 0 Å². The Labute approximate surface area is 161 Å². The first kappa shape index (κ1) is 20.4. The van der Waals surface area contributed by atoms with Crippen molar-refractivity contribution in [2.24, 2.45) is 5.41 Å². The van der Waals surface area contributed by atoms with Gasteiger partial charge >= 0.3 is 5.97 Å². The highest BCUT2D eigenvalue weighted by atomic mass is 35.5. The number of nitrogens with zero attached hydrogens (tertiary/aromatic N) is 2. The van der Waals surface area contributed by atoms with Gasteiger partial charge < -0.3 is 15.7 Å². The molecule has 8 nitrogen and oxygen atoms in total. The molecule has 0 bridgehead atoms. The van der Waals surface area contributed by atoms with Crippen LogP contribution in [0.1, 0.15) is 37.6 Å². The molecule has 144 valence electrons. The molecule has 2 aromatic rings. The number of carboxylic acids is 1. The Hall–Kier alpha value is -2.87. The second kappa shape index (κ2) is 8.22. The Morgan fingerprint density at radius 2 is 1.89 bits per heavy atom. The molecular weight excluding hydrogens is 372 g/mol. The van der Waals surface area contributed by atoms with Crippen LogP contribution in [0, 0.1) is 5.41 Å². The molecule has 0 aliphatic rings. The number of aromatic nitrogens is 2. The summed E-state index contributed by atoms with van der Waals surface area (Å²) >= 11 is 6.10. The van der Waals surface area contributed by atoms with Crippen LogP contribution >= 0.6 is 11.6 Å². The van der Waals surface area contributed by atoms with E-state index in [1.54, 1.807) is 6.07 Å². The van der Waals surface area contributed by atoms with Gasteiger partial charge in [-0.25, -0.2) is 0 Å². The van der Waals surface area contributed by atoms with Gasteiger partial charge in [-0.2, -0.15) is 5.10 Å². The molecule has 27 heavy (non-hydrogen) atoms. The molecule has 0 saturated carbocycles. The summed E-state index contributed by atoms with van der Waals surface area (Å²) in [6.45, 7) is 5.55. The zero-order valence-electron chi connectivity index (χ0n) is 15.2. The Bertz CT molecular complexity index is 870. The summed E-state index contributed by atoms with van der Waals surface area (Å²) in [6, 6.07) is 6.09. The van der Waals surface area contributed by atoms with E-state index < -0.39 is 11.9 Å². The van der Waals surface area contributed by atoms with Crippen LogP contribution in [0.2, 0.25) is 5.02 Å². The number of amides is 2. The largest absolute Gasteiger partial charge is 0.480 e. The Balaban J connectivity index is 2.10. The first-order valence-electron chi connectivity index (χ1n) is 8.19. The van der Waals surface area contributed by atoms with E-state index in [4.69, 9.17) is 16.7 Å². The number of benzene rings is 1. The van der Waals surface area contributed by atoms with Crippen LogP contribution in [0.3, 0.4) is 0 Å². The summed E-state index contributed by atoms with van der Waals surface area (Å²) in [5.41, 5.74) is 0.458. The maximum Gasteiger partial charge on any atom is 0.325 e. The van der Waals surface area contributed by atoms with E-state index >= 15 is 0 Å². The SMILES string of the molecule is CC(C)(C)CC(=O)Nc1ccc(Cl)c(C(=O)Nc2ccn(CC(=O)O)n2)c1. The third kappa shape index (κ3) is 6.41. The smallest absolute Gasteiger partial charge is 0.325 e. The summed E-state index contributed by atoms with van der Waals surface area (Å²) in [5, 5.41) is 18.2. The first-order chi connectivity index (χ1) is 12.5. The molecule has 0 saturated heterocycles. The number of anilines is 2. The van der Waals surface area contributed by atoms with Gasteiger partial charge in [0.25, 0.3) is 5.91 Å². The Kier molecular flexibility index (Phi) is 6.22. The summed E-state index contributed by atoms with van der Waals surface area (Å²) in [7, 11) is 0. The number of rotatable bonds is 6. The number of hydrogen-bond acceptors (Lipinski definition) is 4. The van der Waals surface area contributed by atoms with Gasteiger partial charge in [-0.3, -0.25) is 19.1 Å². The number of halogens is 1. The van der Waals surface area contributed by atoms with Gasteiger partial charge in [0.05, 0.1) is 10.6 Å². The van der Waals surface area contributed by atoms with E-state index in [9.17, 15) is 14.4 Å². The van der Waals surface area contributed by atoms with Gasteiger partial charge in [0.15, 0.2) is 5.82 Å². The van der Waals surface area contributed by atoms with Crippen LogP contribution in [0.5, 0.6) is 0 Å². The lowest BCUT2D eigenvalue weighted by Crippen LogP contribution is -2.20. The minimum atomic E-state index is -1.04. The maximum absolute atomic E-state index is 12.5. The fourth-order valence-corrected chi connectivity index (χ4v) is 2.51. The highest BCUT2D eigenvalue weighted by Crippen LogP contribution is 2.24. The number of nitrogens with one attached hydrogen (secondary N) is 2. The molecule has 1 heterocycles. The van der Waals surface area contributed by atoms with Gasteiger partial charge in [0.2, 0.25) is 5.91 Å². The molecular formula is C18H21ClN4O4. The molecule has 1 aromatic carbocycles. The molecule has 3 N–H and O–H groups in total. The van der Waals surface area contributed by atoms with Gasteiger partial charge in [-0.05, 0) is 23.6 Å². The zero-order valence-corrected chi connectivity index (χ0v) is 16.0. The predicted octanol–water partition coefficient (Wildman–Crippen LogP) is 3.25. The zero-order chi connectivity index (χ0) is 20.2. The van der Waals surface area contributed by atoms with Crippen molar-refractivity contribution in [2.45, 2.75) is 33.7 Å². The first-order valence-corrected chi connectivity index (χ1v) is 8.57. The molecule has 0 aliphatic heterocycles. The van der Waals surface area contributed by atoms with Crippen LogP contribution in [-0.2, 0) is 16.1 Å². The highest BCUT2D eigenvalue weighted by molar-refractivity contribution is 6.34. The minimum Gasteiger partial charge on any atom is -0.480 e. The van der Waals surface area contributed by atoms with Crippen molar-refractivity contribution in [3.63, 3.8) is 0 Å². The third-order valence-electron chi connectivity index (χ3n) is 3.37. The van der Waals surface area contributed by atoms with E-state index in [0.29, 0.717) is 12.1 Å². The molecule has 0 fully saturated rings. The van der Waals surface area contributed by atoms with Gasteiger partial charge in [0.1, 0.15) is 6.54 Å². The second-order valence-electron chi connectivity index (χ2n) is 7.23. The number of aliphatic carboxylic acids is 1. The van der Waals surface area contributed by atoms with E-state index in [-0.39, 0.29) is 34.3 Å². The Morgan fingerprint density at radius 3 is 2.52 bits per heavy atom. The molecule has 1 aromatic heterocycles. The Morgan fingerprint density at radius 1 is 1.19 bits per heavy atom. The van der Waals surface area contributed by atoms with Gasteiger partial charge in [-0.1, -0.05) is 32.4 Å². The van der Waals surface area contributed by atoms with E-state index in [0.717, 1.165) is 0 Å². The molecule has 0 unspecified atom stereocenters. The quantitative estimate of drug-likeness (QED) is 0.698. The summed E-state index contributed by atoms with van der Waals surface area (Å²) in [6.07, 6.45) is 1.77. The van der Waals surface area contributed by atoms with Crippen LogP contribution in [0.15, 0.2) is 30.5 Å². The number of hydrogen-bond donors (Lipinski definition) is 3. The molecule has 0 radical (unpaired) electrons. The van der Waals surface area contributed by atoms with Crippen molar-refractivity contribution in [1.29, 1.82) is 0 Å². The van der Waals surface area contributed by atoms with Crippen molar-refractivity contribution in [1.82, 2.24) is 9.78 Å². The normalized spacial score (nSPS) is 11.1. The summed E-state index contributed by atoms with van der Waals surface area (Å²) in [5.74, 6) is -1.53. The van der Waals surface area contributed by atoms with Crippen molar-refractivity contribution in [3.05, 3.63) is 41.0 Å². The lowest BCUT2D eigenvalue weighted by atomic mass is 9.92. The molecule has 0 aliphatic carbocycles. The molecule has 0 spiro atoms. The average Bonchev–Trinajstić information content (AvgIpc) is 2.93. The van der Waals surface area contributed by atoms with Crippen molar-refractivity contribution >= 4 is 40.9 Å². The van der Waals surface area contributed by atoms with Crippen molar-refractivity contribution in [2.75, 3.05) is 10.6 Å². The van der Waals surface area contributed by atoms with Crippen molar-refractivity contribution in [3.8, 4) is 0 Å². The average molecular weight is 393 g/mol. The summed E-state index contributed by atoms with van der Waals surface area (Å²) in [4.78, 5) is 35.2. The van der Waals surface area contributed by atoms with Gasteiger partial charge in [-0.15, -0.1) is 0 Å². The molecule has 9 heteroatoms. The molecule has 2 amide bonds. The fraction of sp³-hybridized carbons (Fsp3) is 0.333. The van der Waals surface area contributed by atoms with Crippen molar-refractivity contribution < 1.29 is 19.5 Å². The monoisotopic (exact) mass is 392 g/mol. The fourth-order valence-electron chi connectivity index (χ4n) is 2.30. The number of carboxylic acid groups (broad SMARTS) is 1. The predicted molar refractivity (Wildman–Crippen MR) is 102 cm³/mol. The minimum absolute atomic E-state index is 0.161. The van der Waals surface area contributed by atoms with Gasteiger partial charge in [0, 0.05) is 24.4 Å². The number of carbonyl (C=O) groups excluding carboxylic acids is 2. The van der Waals surface area contributed by atoms with Crippen LogP contribution < -0.4 is 10.6 Å². The standard InChI is InChI=1S/C18H21ClN4O4/c1-18(2,3)9-15(24)20-11-4-5-13(19)12(8-11)17(27)21-14-6-7-23(22-14)10-16(25)26/h4-8H,9-10H2,1-3H3,(H,20,24)(H,25,26)(H,21,22,27). The topological polar surface area (TPSA) is 113 Å². The highest BCUT2D eigenvalue weighted by Gasteiger charge is 2.18. The number of carbonyl (C=O) groups is 3. The van der Waals surface area contributed by atoms with E-state index in [1.165, 1.54) is 29.1 Å². The lowest BCUT2D eigenvalue weighted by Gasteiger charge is -2.17.